The highest BCUT2D eigenvalue weighted by Gasteiger charge is 2.21. The van der Waals surface area contributed by atoms with Gasteiger partial charge in [-0.05, 0) is 33.7 Å². The summed E-state index contributed by atoms with van der Waals surface area (Å²) in [7, 11) is 0. The van der Waals surface area contributed by atoms with Crippen molar-refractivity contribution in [1.29, 1.82) is 0 Å². The van der Waals surface area contributed by atoms with E-state index in [1.807, 2.05) is 20.8 Å². The highest BCUT2D eigenvalue weighted by atomic mass is 16.3. The number of rotatable bonds is 4. The number of nitrogens with one attached hydrogen (secondary N) is 1. The van der Waals surface area contributed by atoms with E-state index >= 15 is 0 Å². The molecule has 0 aliphatic rings. The van der Waals surface area contributed by atoms with Crippen LogP contribution in [0.15, 0.2) is 0 Å². The number of hydrogen-bond acceptors (Lipinski definition) is 2. The van der Waals surface area contributed by atoms with E-state index in [-0.39, 0.29) is 11.6 Å². The number of aliphatic hydroxyl groups is 1. The molecule has 0 amide bonds. The molecule has 0 fully saturated rings. The average molecular weight is 145 g/mol. The molecule has 1 unspecified atom stereocenters. The largest absolute Gasteiger partial charge is 0.392 e. The van der Waals surface area contributed by atoms with E-state index in [1.165, 1.54) is 0 Å². The van der Waals surface area contributed by atoms with Gasteiger partial charge in [0.1, 0.15) is 0 Å². The Morgan fingerprint density at radius 1 is 1.50 bits per heavy atom. The van der Waals surface area contributed by atoms with Gasteiger partial charge in [0.2, 0.25) is 0 Å². The third kappa shape index (κ3) is 3.18. The molecule has 1 atom stereocenters. The molecule has 0 aliphatic carbocycles. The van der Waals surface area contributed by atoms with Gasteiger partial charge < -0.3 is 10.4 Å². The van der Waals surface area contributed by atoms with E-state index in [0.29, 0.717) is 0 Å². The molecule has 0 aromatic carbocycles. The van der Waals surface area contributed by atoms with Gasteiger partial charge in [-0.25, -0.2) is 0 Å². The maximum atomic E-state index is 9.24. The van der Waals surface area contributed by atoms with E-state index in [0.717, 1.165) is 13.0 Å². The lowest BCUT2D eigenvalue weighted by molar-refractivity contribution is 0.0971. The van der Waals surface area contributed by atoms with Crippen LogP contribution >= 0.6 is 0 Å². The average Bonchev–Trinajstić information content (AvgIpc) is 1.84. The molecule has 0 aromatic rings. The molecule has 2 nitrogen and oxygen atoms in total. The lowest BCUT2D eigenvalue weighted by atomic mass is 9.99. The minimum absolute atomic E-state index is 0.143. The van der Waals surface area contributed by atoms with Crippen molar-refractivity contribution in [3.63, 3.8) is 0 Å². The highest BCUT2D eigenvalue weighted by molar-refractivity contribution is 4.82. The first-order chi connectivity index (χ1) is 4.50. The summed E-state index contributed by atoms with van der Waals surface area (Å²) in [5.41, 5.74) is -0.143. The molecule has 0 saturated carbocycles. The van der Waals surface area contributed by atoms with Crippen molar-refractivity contribution >= 4 is 0 Å². The van der Waals surface area contributed by atoms with Crippen LogP contribution in [0.4, 0.5) is 0 Å². The third-order valence-corrected chi connectivity index (χ3v) is 1.88. The van der Waals surface area contributed by atoms with Crippen molar-refractivity contribution in [2.75, 3.05) is 6.54 Å². The van der Waals surface area contributed by atoms with E-state index in [2.05, 4.69) is 12.2 Å². The summed E-state index contributed by atoms with van der Waals surface area (Å²) >= 11 is 0. The summed E-state index contributed by atoms with van der Waals surface area (Å²) < 4.78 is 0. The molecule has 0 aromatic heterocycles. The molecule has 10 heavy (non-hydrogen) atoms. The van der Waals surface area contributed by atoms with Crippen molar-refractivity contribution < 1.29 is 5.11 Å². The van der Waals surface area contributed by atoms with Crippen LogP contribution in [0.3, 0.4) is 0 Å². The normalized spacial score (nSPS) is 15.3. The van der Waals surface area contributed by atoms with Crippen molar-refractivity contribution in [3.8, 4) is 0 Å². The molecule has 0 spiro atoms. The second-order valence-corrected chi connectivity index (χ2v) is 3.32. The second kappa shape index (κ2) is 3.94. The number of aliphatic hydroxyl groups excluding tert-OH is 1. The van der Waals surface area contributed by atoms with Gasteiger partial charge in [0.25, 0.3) is 0 Å². The smallest absolute Gasteiger partial charge is 0.0688 e. The van der Waals surface area contributed by atoms with Gasteiger partial charge in [0.05, 0.1) is 6.10 Å². The SMILES string of the molecule is CCCNC(C)(C)C(C)O. The zero-order valence-electron chi connectivity index (χ0n) is 7.44. The predicted octanol–water partition coefficient (Wildman–Crippen LogP) is 1.15. The summed E-state index contributed by atoms with van der Waals surface area (Å²) in [6.45, 7) is 8.91. The summed E-state index contributed by atoms with van der Waals surface area (Å²) in [4.78, 5) is 0. The zero-order valence-corrected chi connectivity index (χ0v) is 7.44. The van der Waals surface area contributed by atoms with Gasteiger partial charge in [0.15, 0.2) is 0 Å². The van der Waals surface area contributed by atoms with Gasteiger partial charge in [-0.15, -0.1) is 0 Å². The van der Waals surface area contributed by atoms with Gasteiger partial charge in [0, 0.05) is 5.54 Å². The molecule has 0 rings (SSSR count). The minimum atomic E-state index is -0.293. The van der Waals surface area contributed by atoms with E-state index in [4.69, 9.17) is 0 Å². The van der Waals surface area contributed by atoms with Crippen LogP contribution in [-0.2, 0) is 0 Å². The Morgan fingerprint density at radius 2 is 2.00 bits per heavy atom. The van der Waals surface area contributed by atoms with Crippen LogP contribution in [-0.4, -0.2) is 23.3 Å². The molecule has 62 valence electrons. The van der Waals surface area contributed by atoms with Crippen molar-refractivity contribution in [1.82, 2.24) is 5.32 Å². The molecule has 0 saturated heterocycles. The molecule has 0 aliphatic heterocycles. The quantitative estimate of drug-likeness (QED) is 0.622. The fourth-order valence-corrected chi connectivity index (χ4v) is 0.595. The summed E-state index contributed by atoms with van der Waals surface area (Å²) in [5, 5.41) is 12.5. The first-order valence-corrected chi connectivity index (χ1v) is 3.93. The summed E-state index contributed by atoms with van der Waals surface area (Å²) in [5.74, 6) is 0. The summed E-state index contributed by atoms with van der Waals surface area (Å²) in [6.07, 6.45) is 0.815. The van der Waals surface area contributed by atoms with Crippen LogP contribution < -0.4 is 5.32 Å². The van der Waals surface area contributed by atoms with Gasteiger partial charge >= 0.3 is 0 Å². The Morgan fingerprint density at radius 3 is 2.30 bits per heavy atom. The highest BCUT2D eigenvalue weighted by Crippen LogP contribution is 2.07. The van der Waals surface area contributed by atoms with Gasteiger partial charge in [-0.2, -0.15) is 0 Å². The van der Waals surface area contributed by atoms with Crippen LogP contribution in [0, 0.1) is 0 Å². The Labute approximate surface area is 63.6 Å². The van der Waals surface area contributed by atoms with E-state index in [1.54, 1.807) is 0 Å². The van der Waals surface area contributed by atoms with E-state index in [9.17, 15) is 5.11 Å². The Kier molecular flexibility index (Phi) is 3.91. The Hall–Kier alpha value is -0.0800. The molecule has 2 heteroatoms. The fourth-order valence-electron chi connectivity index (χ4n) is 0.595. The fraction of sp³-hybridized carbons (Fsp3) is 1.00. The van der Waals surface area contributed by atoms with Crippen molar-refractivity contribution in [3.05, 3.63) is 0 Å². The van der Waals surface area contributed by atoms with Crippen LogP contribution in [0.25, 0.3) is 0 Å². The van der Waals surface area contributed by atoms with Gasteiger partial charge in [-0.1, -0.05) is 6.92 Å². The zero-order chi connectivity index (χ0) is 8.20. The molecule has 0 bridgehead atoms. The monoisotopic (exact) mass is 145 g/mol. The Balaban J connectivity index is 3.63. The standard InChI is InChI=1S/C8H19NO/c1-5-6-9-8(3,4)7(2)10/h7,9-10H,5-6H2,1-4H3. The minimum Gasteiger partial charge on any atom is -0.392 e. The van der Waals surface area contributed by atoms with E-state index < -0.39 is 0 Å². The van der Waals surface area contributed by atoms with Gasteiger partial charge in [-0.3, -0.25) is 0 Å². The topological polar surface area (TPSA) is 32.3 Å². The van der Waals surface area contributed by atoms with Crippen LogP contribution in [0.5, 0.6) is 0 Å². The lowest BCUT2D eigenvalue weighted by Crippen LogP contribution is -2.48. The first-order valence-electron chi connectivity index (χ1n) is 3.93. The van der Waals surface area contributed by atoms with Crippen LogP contribution in [0.1, 0.15) is 34.1 Å². The number of hydrogen-bond donors (Lipinski definition) is 2. The van der Waals surface area contributed by atoms with Crippen molar-refractivity contribution in [2.24, 2.45) is 0 Å². The maximum absolute atomic E-state index is 9.24. The Bertz CT molecular complexity index is 89.3. The molecular weight excluding hydrogens is 126 g/mol. The third-order valence-electron chi connectivity index (χ3n) is 1.88. The summed E-state index contributed by atoms with van der Waals surface area (Å²) in [6, 6.07) is 0. The van der Waals surface area contributed by atoms with Crippen LogP contribution in [0.2, 0.25) is 0 Å². The molecular formula is C8H19NO. The second-order valence-electron chi connectivity index (χ2n) is 3.32. The first kappa shape index (κ1) is 9.92. The predicted molar refractivity (Wildman–Crippen MR) is 44.1 cm³/mol. The lowest BCUT2D eigenvalue weighted by Gasteiger charge is -2.29. The maximum Gasteiger partial charge on any atom is 0.0688 e. The van der Waals surface area contributed by atoms with Crippen molar-refractivity contribution in [2.45, 2.75) is 45.8 Å². The molecule has 0 heterocycles. The molecule has 2 N–H and O–H groups in total. The molecule has 0 radical (unpaired) electrons.